The zero-order valence-corrected chi connectivity index (χ0v) is 16.7. The number of nitrogens with zero attached hydrogens (tertiary/aromatic N) is 1. The lowest BCUT2D eigenvalue weighted by Gasteiger charge is -2.33. The Hall–Kier alpha value is -2.57. The van der Waals surface area contributed by atoms with Gasteiger partial charge in [0, 0.05) is 31.6 Å². The van der Waals surface area contributed by atoms with Crippen LogP contribution in [0.25, 0.3) is 10.8 Å². The molecule has 6 heteroatoms. The Bertz CT molecular complexity index is 1060. The highest BCUT2D eigenvalue weighted by molar-refractivity contribution is 7.92. The number of methoxy groups -OCH3 is 1. The zero-order chi connectivity index (χ0) is 19.6. The van der Waals surface area contributed by atoms with Gasteiger partial charge in [0.25, 0.3) is 10.0 Å². The molecular weight excluding hydrogens is 372 g/mol. The highest BCUT2D eigenvalue weighted by Crippen LogP contribution is 2.25. The van der Waals surface area contributed by atoms with Crippen LogP contribution in [0.2, 0.25) is 0 Å². The molecule has 0 amide bonds. The summed E-state index contributed by atoms with van der Waals surface area (Å²) >= 11 is 0. The van der Waals surface area contributed by atoms with Crippen molar-refractivity contribution in [2.24, 2.45) is 0 Å². The molecule has 4 rings (SSSR count). The van der Waals surface area contributed by atoms with Gasteiger partial charge in [0.2, 0.25) is 0 Å². The number of hydrogen-bond donors (Lipinski definition) is 1. The first-order chi connectivity index (χ1) is 13.5. The number of sulfonamides is 1. The molecule has 1 saturated heterocycles. The lowest BCUT2D eigenvalue weighted by Crippen LogP contribution is -2.36. The Morgan fingerprint density at radius 1 is 0.929 bits per heavy atom. The SMILES string of the molecule is COC1CCN(c2ccc(NS(=O)(=O)c3ccc4ccccc4c3)cc2)CC1. The van der Waals surface area contributed by atoms with Crippen molar-refractivity contribution < 1.29 is 13.2 Å². The van der Waals surface area contributed by atoms with Gasteiger partial charge in [-0.15, -0.1) is 0 Å². The number of hydrogen-bond acceptors (Lipinski definition) is 4. The van der Waals surface area contributed by atoms with Gasteiger partial charge in [-0.1, -0.05) is 30.3 Å². The number of anilines is 2. The monoisotopic (exact) mass is 396 g/mol. The number of fused-ring (bicyclic) bond motifs is 1. The van der Waals surface area contributed by atoms with Crippen molar-refractivity contribution in [3.8, 4) is 0 Å². The van der Waals surface area contributed by atoms with E-state index in [1.54, 1.807) is 19.2 Å². The highest BCUT2D eigenvalue weighted by Gasteiger charge is 2.19. The molecule has 146 valence electrons. The Morgan fingerprint density at radius 3 is 2.29 bits per heavy atom. The number of rotatable bonds is 5. The summed E-state index contributed by atoms with van der Waals surface area (Å²) in [6.45, 7) is 1.89. The van der Waals surface area contributed by atoms with E-state index in [1.807, 2.05) is 54.6 Å². The molecule has 0 radical (unpaired) electrons. The fraction of sp³-hybridized carbons (Fsp3) is 0.273. The number of nitrogens with one attached hydrogen (secondary N) is 1. The Morgan fingerprint density at radius 2 is 1.61 bits per heavy atom. The molecule has 1 fully saturated rings. The summed E-state index contributed by atoms with van der Waals surface area (Å²) in [5.74, 6) is 0. The van der Waals surface area contributed by atoms with Crippen LogP contribution in [-0.4, -0.2) is 34.7 Å². The Labute approximate surface area is 166 Å². The number of piperidine rings is 1. The molecule has 3 aromatic carbocycles. The molecule has 1 N–H and O–H groups in total. The van der Waals surface area contributed by atoms with Gasteiger partial charge in [0.15, 0.2) is 0 Å². The molecule has 1 aliphatic rings. The third-order valence-electron chi connectivity index (χ3n) is 5.29. The molecule has 0 spiro atoms. The van der Waals surface area contributed by atoms with Crippen LogP contribution in [0.15, 0.2) is 71.6 Å². The van der Waals surface area contributed by atoms with Crippen molar-refractivity contribution in [2.45, 2.75) is 23.8 Å². The zero-order valence-electron chi connectivity index (χ0n) is 15.8. The van der Waals surface area contributed by atoms with Gasteiger partial charge in [0.1, 0.15) is 0 Å². The van der Waals surface area contributed by atoms with Gasteiger partial charge in [-0.25, -0.2) is 8.42 Å². The predicted molar refractivity (Wildman–Crippen MR) is 113 cm³/mol. The fourth-order valence-corrected chi connectivity index (χ4v) is 4.73. The van der Waals surface area contributed by atoms with Gasteiger partial charge < -0.3 is 9.64 Å². The maximum Gasteiger partial charge on any atom is 0.261 e. The van der Waals surface area contributed by atoms with Crippen molar-refractivity contribution in [1.29, 1.82) is 0 Å². The van der Waals surface area contributed by atoms with Crippen LogP contribution in [-0.2, 0) is 14.8 Å². The minimum atomic E-state index is -3.63. The fourth-order valence-electron chi connectivity index (χ4n) is 3.64. The summed E-state index contributed by atoms with van der Waals surface area (Å²) in [7, 11) is -1.87. The quantitative estimate of drug-likeness (QED) is 0.700. The standard InChI is InChI=1S/C22H24N2O3S/c1-27-21-12-14-24(15-13-21)20-9-7-19(8-10-20)23-28(25,26)22-11-6-17-4-2-3-5-18(17)16-22/h2-11,16,21,23H,12-15H2,1H3. The summed E-state index contributed by atoms with van der Waals surface area (Å²) in [6, 6.07) is 20.4. The molecule has 0 saturated carbocycles. The van der Waals surface area contributed by atoms with Crippen LogP contribution in [0, 0.1) is 0 Å². The maximum atomic E-state index is 12.8. The summed E-state index contributed by atoms with van der Waals surface area (Å²) < 4.78 is 33.6. The van der Waals surface area contributed by atoms with Crippen LogP contribution in [0.4, 0.5) is 11.4 Å². The van der Waals surface area contributed by atoms with E-state index in [2.05, 4.69) is 9.62 Å². The minimum absolute atomic E-state index is 0.261. The topological polar surface area (TPSA) is 58.6 Å². The van der Waals surface area contributed by atoms with E-state index in [1.165, 1.54) is 0 Å². The van der Waals surface area contributed by atoms with Gasteiger partial charge in [0.05, 0.1) is 11.0 Å². The van der Waals surface area contributed by atoms with E-state index in [4.69, 9.17) is 4.74 Å². The van der Waals surface area contributed by atoms with Crippen LogP contribution in [0.1, 0.15) is 12.8 Å². The molecule has 0 aliphatic carbocycles. The van der Waals surface area contributed by atoms with E-state index in [0.29, 0.717) is 11.8 Å². The van der Waals surface area contributed by atoms with Crippen molar-refractivity contribution in [3.05, 3.63) is 66.7 Å². The van der Waals surface area contributed by atoms with E-state index < -0.39 is 10.0 Å². The average Bonchev–Trinajstić information content (AvgIpc) is 2.74. The molecule has 0 unspecified atom stereocenters. The smallest absolute Gasteiger partial charge is 0.261 e. The second-order valence-corrected chi connectivity index (χ2v) is 8.77. The van der Waals surface area contributed by atoms with Crippen LogP contribution in [0.5, 0.6) is 0 Å². The third-order valence-corrected chi connectivity index (χ3v) is 6.67. The summed E-state index contributed by atoms with van der Waals surface area (Å²) in [5.41, 5.74) is 1.66. The molecular formula is C22H24N2O3S. The lowest BCUT2D eigenvalue weighted by atomic mass is 10.1. The van der Waals surface area contributed by atoms with Crippen molar-refractivity contribution in [3.63, 3.8) is 0 Å². The first-order valence-electron chi connectivity index (χ1n) is 9.44. The van der Waals surface area contributed by atoms with Crippen LogP contribution in [0.3, 0.4) is 0 Å². The van der Waals surface area contributed by atoms with Crippen LogP contribution < -0.4 is 9.62 Å². The molecule has 3 aromatic rings. The largest absolute Gasteiger partial charge is 0.381 e. The Balaban J connectivity index is 1.48. The van der Waals surface area contributed by atoms with Gasteiger partial charge in [-0.3, -0.25) is 4.72 Å². The molecule has 1 heterocycles. The van der Waals surface area contributed by atoms with Gasteiger partial charge in [-0.05, 0) is 60.0 Å². The average molecular weight is 397 g/mol. The molecule has 0 aromatic heterocycles. The van der Waals surface area contributed by atoms with Crippen molar-refractivity contribution in [2.75, 3.05) is 29.8 Å². The van der Waals surface area contributed by atoms with E-state index in [-0.39, 0.29) is 4.90 Å². The van der Waals surface area contributed by atoms with Gasteiger partial charge >= 0.3 is 0 Å². The first kappa shape index (κ1) is 18.8. The summed E-state index contributed by atoms with van der Waals surface area (Å²) in [6.07, 6.45) is 2.35. The highest BCUT2D eigenvalue weighted by atomic mass is 32.2. The van der Waals surface area contributed by atoms with E-state index in [9.17, 15) is 8.42 Å². The maximum absolute atomic E-state index is 12.8. The summed E-state index contributed by atoms with van der Waals surface area (Å²) in [4.78, 5) is 2.56. The van der Waals surface area contributed by atoms with E-state index >= 15 is 0 Å². The van der Waals surface area contributed by atoms with Crippen molar-refractivity contribution >= 4 is 32.2 Å². The second kappa shape index (κ2) is 7.81. The second-order valence-electron chi connectivity index (χ2n) is 7.08. The molecule has 0 atom stereocenters. The number of benzene rings is 3. The summed E-state index contributed by atoms with van der Waals surface area (Å²) in [5, 5.41) is 1.92. The molecule has 5 nitrogen and oxygen atoms in total. The van der Waals surface area contributed by atoms with Gasteiger partial charge in [-0.2, -0.15) is 0 Å². The van der Waals surface area contributed by atoms with E-state index in [0.717, 1.165) is 42.4 Å². The number of ether oxygens (including phenoxy) is 1. The third kappa shape index (κ3) is 3.98. The lowest BCUT2D eigenvalue weighted by molar-refractivity contribution is 0.0819. The minimum Gasteiger partial charge on any atom is -0.381 e. The van der Waals surface area contributed by atoms with Crippen LogP contribution >= 0.6 is 0 Å². The predicted octanol–water partition coefficient (Wildman–Crippen LogP) is 4.26. The molecule has 1 aliphatic heterocycles. The normalized spacial score (nSPS) is 15.7. The Kier molecular flexibility index (Phi) is 5.24. The first-order valence-corrected chi connectivity index (χ1v) is 10.9. The van der Waals surface area contributed by atoms with Crippen molar-refractivity contribution in [1.82, 2.24) is 0 Å². The molecule has 28 heavy (non-hydrogen) atoms. The molecule has 0 bridgehead atoms.